The predicted molar refractivity (Wildman–Crippen MR) is 61.4 cm³/mol. The largest absolute Gasteiger partial charge is 0.378 e. The Kier molecular flexibility index (Phi) is 4.19. The number of hydrogen-bond acceptors (Lipinski definition) is 4. The molecule has 16 heavy (non-hydrogen) atoms. The molecule has 0 aromatic rings. The van der Waals surface area contributed by atoms with Crippen LogP contribution in [0.15, 0.2) is 0 Å². The van der Waals surface area contributed by atoms with Gasteiger partial charge in [-0.05, 0) is 32.6 Å². The highest BCUT2D eigenvalue weighted by atomic mass is 16.6. The van der Waals surface area contributed by atoms with E-state index in [2.05, 4.69) is 6.92 Å². The van der Waals surface area contributed by atoms with Crippen molar-refractivity contribution in [3.8, 4) is 0 Å². The van der Waals surface area contributed by atoms with Gasteiger partial charge in [0.05, 0.1) is 25.4 Å². The molecule has 2 heterocycles. The molecule has 2 aliphatic rings. The average molecular weight is 229 g/mol. The zero-order valence-electron chi connectivity index (χ0n) is 10.1. The summed E-state index contributed by atoms with van der Waals surface area (Å²) in [6, 6.07) is 0. The van der Waals surface area contributed by atoms with Gasteiger partial charge in [0.2, 0.25) is 0 Å². The molecule has 3 atom stereocenters. The van der Waals surface area contributed by atoms with Gasteiger partial charge in [0.25, 0.3) is 0 Å². The molecular weight excluding hydrogens is 206 g/mol. The number of hydrogen-bond donors (Lipinski definition) is 1. The van der Waals surface area contributed by atoms with Crippen molar-refractivity contribution in [1.29, 1.82) is 0 Å². The van der Waals surface area contributed by atoms with Gasteiger partial charge in [-0.25, -0.2) is 0 Å². The van der Waals surface area contributed by atoms with Crippen LogP contribution in [-0.2, 0) is 14.2 Å². The van der Waals surface area contributed by atoms with Crippen LogP contribution in [0.3, 0.4) is 0 Å². The fourth-order valence-corrected chi connectivity index (χ4v) is 2.44. The summed E-state index contributed by atoms with van der Waals surface area (Å²) >= 11 is 0. The third-order valence-electron chi connectivity index (χ3n) is 3.55. The van der Waals surface area contributed by atoms with Crippen LogP contribution in [0, 0.1) is 0 Å². The lowest BCUT2D eigenvalue weighted by molar-refractivity contribution is -0.144. The van der Waals surface area contributed by atoms with E-state index in [1.54, 1.807) is 0 Å². The Morgan fingerprint density at radius 1 is 1.44 bits per heavy atom. The van der Waals surface area contributed by atoms with E-state index in [9.17, 15) is 0 Å². The Hall–Kier alpha value is -0.160. The first-order chi connectivity index (χ1) is 7.74. The molecule has 2 rings (SSSR count). The molecule has 2 aliphatic heterocycles. The summed E-state index contributed by atoms with van der Waals surface area (Å²) in [5.74, 6) is 0. The van der Waals surface area contributed by atoms with E-state index in [1.807, 2.05) is 0 Å². The number of nitrogens with two attached hydrogens (primary N) is 1. The highest BCUT2D eigenvalue weighted by Crippen LogP contribution is 2.25. The van der Waals surface area contributed by atoms with Gasteiger partial charge in [0, 0.05) is 13.2 Å². The van der Waals surface area contributed by atoms with Crippen LogP contribution in [0.5, 0.6) is 0 Å². The summed E-state index contributed by atoms with van der Waals surface area (Å²) in [5.41, 5.74) is 5.55. The lowest BCUT2D eigenvalue weighted by atomic mass is 9.96. The number of rotatable bonds is 4. The van der Waals surface area contributed by atoms with Gasteiger partial charge in [-0.2, -0.15) is 0 Å². The van der Waals surface area contributed by atoms with Gasteiger partial charge in [0.1, 0.15) is 5.60 Å². The van der Waals surface area contributed by atoms with Gasteiger partial charge in [-0.1, -0.05) is 0 Å². The van der Waals surface area contributed by atoms with Crippen molar-refractivity contribution in [3.63, 3.8) is 0 Å². The maximum absolute atomic E-state index is 5.98. The Bertz CT molecular complexity index is 216. The van der Waals surface area contributed by atoms with Crippen LogP contribution in [0.1, 0.15) is 32.6 Å². The van der Waals surface area contributed by atoms with Gasteiger partial charge >= 0.3 is 0 Å². The van der Waals surface area contributed by atoms with Crippen LogP contribution >= 0.6 is 0 Å². The second-order valence-corrected chi connectivity index (χ2v) is 5.00. The summed E-state index contributed by atoms with van der Waals surface area (Å²) in [4.78, 5) is 0. The number of ether oxygens (including phenoxy) is 3. The van der Waals surface area contributed by atoms with E-state index in [-0.39, 0.29) is 11.7 Å². The van der Waals surface area contributed by atoms with E-state index >= 15 is 0 Å². The predicted octanol–water partition coefficient (Wildman–Crippen LogP) is 1.08. The normalized spacial score (nSPS) is 40.1. The molecule has 0 aromatic carbocycles. The smallest absolute Gasteiger partial charge is 0.104 e. The van der Waals surface area contributed by atoms with Crippen molar-refractivity contribution < 1.29 is 14.2 Å². The zero-order chi connectivity index (χ0) is 11.4. The van der Waals surface area contributed by atoms with Gasteiger partial charge in [-0.3, -0.25) is 0 Å². The van der Waals surface area contributed by atoms with Crippen molar-refractivity contribution in [2.75, 3.05) is 26.4 Å². The summed E-state index contributed by atoms with van der Waals surface area (Å²) in [7, 11) is 0. The molecule has 0 spiro atoms. The third-order valence-corrected chi connectivity index (χ3v) is 3.55. The molecule has 94 valence electrons. The maximum atomic E-state index is 5.98. The minimum atomic E-state index is -0.257. The standard InChI is InChI=1S/C12H23NO3/c1-10-3-4-11(16-10)7-15-12(8-13)5-2-6-14-9-12/h10-11H,2-9,13H2,1H3. The van der Waals surface area contributed by atoms with E-state index in [1.165, 1.54) is 0 Å². The minimum absolute atomic E-state index is 0.250. The van der Waals surface area contributed by atoms with E-state index in [4.69, 9.17) is 19.9 Å². The zero-order valence-corrected chi connectivity index (χ0v) is 10.1. The first-order valence-electron chi connectivity index (χ1n) is 6.31. The molecule has 2 fully saturated rings. The van der Waals surface area contributed by atoms with Crippen molar-refractivity contribution in [3.05, 3.63) is 0 Å². The molecule has 2 N–H and O–H groups in total. The van der Waals surface area contributed by atoms with E-state index in [0.29, 0.717) is 25.9 Å². The van der Waals surface area contributed by atoms with Crippen LogP contribution < -0.4 is 5.73 Å². The van der Waals surface area contributed by atoms with Crippen LogP contribution in [-0.4, -0.2) is 44.2 Å². The van der Waals surface area contributed by atoms with Crippen LogP contribution in [0.4, 0.5) is 0 Å². The Morgan fingerprint density at radius 3 is 2.88 bits per heavy atom. The second kappa shape index (κ2) is 5.45. The van der Waals surface area contributed by atoms with Crippen molar-refractivity contribution in [2.45, 2.75) is 50.4 Å². The highest BCUT2D eigenvalue weighted by Gasteiger charge is 2.34. The van der Waals surface area contributed by atoms with E-state index < -0.39 is 0 Å². The Morgan fingerprint density at radius 2 is 2.31 bits per heavy atom. The fraction of sp³-hybridized carbons (Fsp3) is 1.00. The summed E-state index contributed by atoms with van der Waals surface area (Å²) in [6.45, 7) is 4.77. The summed E-state index contributed by atoms with van der Waals surface area (Å²) in [5, 5.41) is 0. The molecule has 0 bridgehead atoms. The molecule has 2 saturated heterocycles. The lowest BCUT2D eigenvalue weighted by Crippen LogP contribution is -2.49. The molecule has 0 amide bonds. The van der Waals surface area contributed by atoms with Gasteiger partial charge in [-0.15, -0.1) is 0 Å². The van der Waals surface area contributed by atoms with Crippen LogP contribution in [0.2, 0.25) is 0 Å². The van der Waals surface area contributed by atoms with Crippen molar-refractivity contribution in [1.82, 2.24) is 0 Å². The summed E-state index contributed by atoms with van der Waals surface area (Å²) in [6.07, 6.45) is 4.92. The first kappa shape index (κ1) is 12.3. The van der Waals surface area contributed by atoms with Crippen molar-refractivity contribution >= 4 is 0 Å². The molecule has 0 aromatic heterocycles. The highest BCUT2D eigenvalue weighted by molar-refractivity contribution is 4.85. The lowest BCUT2D eigenvalue weighted by Gasteiger charge is -2.36. The topological polar surface area (TPSA) is 53.7 Å². The molecular formula is C12H23NO3. The quantitative estimate of drug-likeness (QED) is 0.783. The van der Waals surface area contributed by atoms with Gasteiger partial charge < -0.3 is 19.9 Å². The first-order valence-corrected chi connectivity index (χ1v) is 6.31. The monoisotopic (exact) mass is 229 g/mol. The van der Waals surface area contributed by atoms with Gasteiger partial charge in [0.15, 0.2) is 0 Å². The average Bonchev–Trinajstić information content (AvgIpc) is 2.74. The third kappa shape index (κ3) is 2.94. The Balaban J connectivity index is 1.78. The Labute approximate surface area is 97.4 Å². The molecule has 4 nitrogen and oxygen atoms in total. The molecule has 0 saturated carbocycles. The minimum Gasteiger partial charge on any atom is -0.378 e. The molecule has 3 unspecified atom stereocenters. The van der Waals surface area contributed by atoms with Crippen LogP contribution in [0.25, 0.3) is 0 Å². The second-order valence-electron chi connectivity index (χ2n) is 5.00. The molecule has 0 radical (unpaired) electrons. The van der Waals surface area contributed by atoms with Crippen molar-refractivity contribution in [2.24, 2.45) is 5.73 Å². The maximum Gasteiger partial charge on any atom is 0.104 e. The molecule has 0 aliphatic carbocycles. The fourth-order valence-electron chi connectivity index (χ4n) is 2.44. The SMILES string of the molecule is CC1CCC(COC2(CN)CCCOC2)O1. The molecule has 4 heteroatoms. The summed E-state index contributed by atoms with van der Waals surface area (Å²) < 4.78 is 17.2. The van der Waals surface area contributed by atoms with E-state index in [0.717, 1.165) is 32.3 Å².